The second-order valence-corrected chi connectivity index (χ2v) is 4.34. The molecule has 1 unspecified atom stereocenters. The second kappa shape index (κ2) is 6.48. The molecule has 0 aromatic heterocycles. The Kier molecular flexibility index (Phi) is 5.26. The minimum absolute atomic E-state index is 0.0876. The zero-order valence-corrected chi connectivity index (χ0v) is 10.7. The third-order valence-electron chi connectivity index (χ3n) is 2.49. The van der Waals surface area contributed by atoms with Gasteiger partial charge < -0.3 is 10.5 Å². The van der Waals surface area contributed by atoms with Gasteiger partial charge in [0.05, 0.1) is 4.99 Å². The SMILES string of the molecule is CCc1cccc(OC(CC)CC(N)=S)c1. The third-order valence-corrected chi connectivity index (χ3v) is 2.66. The van der Waals surface area contributed by atoms with Crippen LogP contribution in [0.2, 0.25) is 0 Å². The molecule has 0 aliphatic heterocycles. The molecule has 0 saturated carbocycles. The smallest absolute Gasteiger partial charge is 0.120 e. The van der Waals surface area contributed by atoms with E-state index in [0.717, 1.165) is 18.6 Å². The fraction of sp³-hybridized carbons (Fsp3) is 0.462. The van der Waals surface area contributed by atoms with Crippen molar-refractivity contribution in [1.29, 1.82) is 0 Å². The Hall–Kier alpha value is -1.09. The summed E-state index contributed by atoms with van der Waals surface area (Å²) in [4.78, 5) is 0.512. The van der Waals surface area contributed by atoms with Gasteiger partial charge in [-0.15, -0.1) is 0 Å². The molecule has 1 aromatic rings. The van der Waals surface area contributed by atoms with Gasteiger partial charge in [0.15, 0.2) is 0 Å². The Labute approximate surface area is 103 Å². The van der Waals surface area contributed by atoms with E-state index in [2.05, 4.69) is 26.0 Å². The van der Waals surface area contributed by atoms with Gasteiger partial charge in [0, 0.05) is 6.42 Å². The van der Waals surface area contributed by atoms with Crippen LogP contribution in [0.3, 0.4) is 0 Å². The van der Waals surface area contributed by atoms with Crippen LogP contribution >= 0.6 is 12.2 Å². The molecule has 3 heteroatoms. The Bertz CT molecular complexity index is 352. The first-order valence-electron chi connectivity index (χ1n) is 5.69. The molecule has 0 fully saturated rings. The lowest BCUT2D eigenvalue weighted by molar-refractivity contribution is 0.205. The lowest BCUT2D eigenvalue weighted by Gasteiger charge is -2.17. The second-order valence-electron chi connectivity index (χ2n) is 3.82. The molecule has 0 saturated heterocycles. The molecule has 0 aliphatic carbocycles. The zero-order valence-electron chi connectivity index (χ0n) is 9.90. The Morgan fingerprint density at radius 2 is 2.19 bits per heavy atom. The van der Waals surface area contributed by atoms with E-state index < -0.39 is 0 Å². The van der Waals surface area contributed by atoms with Gasteiger partial charge in [-0.1, -0.05) is 38.2 Å². The van der Waals surface area contributed by atoms with Gasteiger partial charge in [0.1, 0.15) is 11.9 Å². The van der Waals surface area contributed by atoms with Crippen molar-refractivity contribution >= 4 is 17.2 Å². The number of nitrogens with two attached hydrogens (primary N) is 1. The standard InChI is InChI=1S/C13H19NOS/c1-3-10-6-5-7-12(8-10)15-11(4-2)9-13(14)16/h5-8,11H,3-4,9H2,1-2H3,(H2,14,16). The quantitative estimate of drug-likeness (QED) is 0.772. The molecule has 2 N–H and O–H groups in total. The molecule has 88 valence electrons. The van der Waals surface area contributed by atoms with Gasteiger partial charge in [-0.25, -0.2) is 0 Å². The van der Waals surface area contributed by atoms with Crippen LogP contribution in [-0.2, 0) is 6.42 Å². The van der Waals surface area contributed by atoms with Crippen LogP contribution in [0.1, 0.15) is 32.3 Å². The molecule has 0 amide bonds. The summed E-state index contributed by atoms with van der Waals surface area (Å²) in [5.74, 6) is 0.905. The maximum Gasteiger partial charge on any atom is 0.120 e. The summed E-state index contributed by atoms with van der Waals surface area (Å²) in [6.07, 6.45) is 2.66. The molecule has 1 atom stereocenters. The van der Waals surface area contributed by atoms with Crippen LogP contribution in [0.5, 0.6) is 5.75 Å². The minimum atomic E-state index is 0.0876. The van der Waals surface area contributed by atoms with Crippen molar-refractivity contribution in [2.24, 2.45) is 5.73 Å². The Balaban J connectivity index is 2.65. The highest BCUT2D eigenvalue weighted by Gasteiger charge is 2.09. The summed E-state index contributed by atoms with van der Waals surface area (Å²) in [7, 11) is 0. The topological polar surface area (TPSA) is 35.2 Å². The van der Waals surface area contributed by atoms with E-state index in [9.17, 15) is 0 Å². The van der Waals surface area contributed by atoms with E-state index >= 15 is 0 Å². The number of hydrogen-bond acceptors (Lipinski definition) is 2. The maximum atomic E-state index is 5.85. The van der Waals surface area contributed by atoms with Crippen LogP contribution in [0.15, 0.2) is 24.3 Å². The third kappa shape index (κ3) is 4.19. The van der Waals surface area contributed by atoms with Crippen molar-refractivity contribution in [3.05, 3.63) is 29.8 Å². The van der Waals surface area contributed by atoms with E-state index in [4.69, 9.17) is 22.7 Å². The van der Waals surface area contributed by atoms with Gasteiger partial charge in [-0.2, -0.15) is 0 Å². The summed E-state index contributed by atoms with van der Waals surface area (Å²) >= 11 is 4.90. The summed E-state index contributed by atoms with van der Waals surface area (Å²) in [5.41, 5.74) is 6.81. The molecule has 1 rings (SSSR count). The van der Waals surface area contributed by atoms with Crippen molar-refractivity contribution in [1.82, 2.24) is 0 Å². The van der Waals surface area contributed by atoms with E-state index in [0.29, 0.717) is 11.4 Å². The number of rotatable bonds is 6. The predicted molar refractivity (Wildman–Crippen MR) is 71.9 cm³/mol. The minimum Gasteiger partial charge on any atom is -0.490 e. The van der Waals surface area contributed by atoms with Gasteiger partial charge in [0.2, 0.25) is 0 Å². The Morgan fingerprint density at radius 1 is 1.44 bits per heavy atom. The van der Waals surface area contributed by atoms with Crippen molar-refractivity contribution in [2.45, 2.75) is 39.2 Å². The van der Waals surface area contributed by atoms with Crippen LogP contribution in [0.4, 0.5) is 0 Å². The first kappa shape index (κ1) is 13.0. The summed E-state index contributed by atoms with van der Waals surface area (Å²) in [6, 6.07) is 8.16. The van der Waals surface area contributed by atoms with Crippen LogP contribution < -0.4 is 10.5 Å². The van der Waals surface area contributed by atoms with Crippen LogP contribution in [0, 0.1) is 0 Å². The van der Waals surface area contributed by atoms with Crippen molar-refractivity contribution in [3.63, 3.8) is 0 Å². The predicted octanol–water partition coefficient (Wildman–Crippen LogP) is 3.08. The number of hydrogen-bond donors (Lipinski definition) is 1. The van der Waals surface area contributed by atoms with Crippen LogP contribution in [0.25, 0.3) is 0 Å². The fourth-order valence-corrected chi connectivity index (χ4v) is 1.71. The molecule has 16 heavy (non-hydrogen) atoms. The average Bonchev–Trinajstić information content (AvgIpc) is 2.28. The summed E-state index contributed by atoms with van der Waals surface area (Å²) in [5, 5.41) is 0. The normalized spacial score (nSPS) is 12.1. The molecule has 0 spiro atoms. The van der Waals surface area contributed by atoms with Gasteiger partial charge in [0.25, 0.3) is 0 Å². The number of benzene rings is 1. The molecule has 0 heterocycles. The molecule has 1 aromatic carbocycles. The highest BCUT2D eigenvalue weighted by atomic mass is 32.1. The number of aryl methyl sites for hydroxylation is 1. The lowest BCUT2D eigenvalue weighted by atomic mass is 10.1. The molecular formula is C13H19NOS. The first-order chi connectivity index (χ1) is 7.65. The maximum absolute atomic E-state index is 5.85. The van der Waals surface area contributed by atoms with Crippen molar-refractivity contribution in [2.75, 3.05) is 0 Å². The summed E-state index contributed by atoms with van der Waals surface area (Å²) in [6.45, 7) is 4.21. The molecular weight excluding hydrogens is 218 g/mol. The number of ether oxygens (including phenoxy) is 1. The fourth-order valence-electron chi connectivity index (χ4n) is 1.52. The summed E-state index contributed by atoms with van der Waals surface area (Å²) < 4.78 is 5.85. The largest absolute Gasteiger partial charge is 0.490 e. The van der Waals surface area contributed by atoms with E-state index in [1.165, 1.54) is 5.56 Å². The zero-order chi connectivity index (χ0) is 12.0. The Morgan fingerprint density at radius 3 is 2.75 bits per heavy atom. The molecule has 2 nitrogen and oxygen atoms in total. The first-order valence-corrected chi connectivity index (χ1v) is 6.10. The monoisotopic (exact) mass is 237 g/mol. The molecule has 0 aliphatic rings. The van der Waals surface area contributed by atoms with Crippen LogP contribution in [-0.4, -0.2) is 11.1 Å². The highest BCUT2D eigenvalue weighted by molar-refractivity contribution is 7.80. The van der Waals surface area contributed by atoms with E-state index in [1.54, 1.807) is 0 Å². The van der Waals surface area contributed by atoms with Gasteiger partial charge in [-0.05, 0) is 30.5 Å². The van der Waals surface area contributed by atoms with Crippen molar-refractivity contribution < 1.29 is 4.74 Å². The van der Waals surface area contributed by atoms with Gasteiger partial charge >= 0.3 is 0 Å². The lowest BCUT2D eigenvalue weighted by Crippen LogP contribution is -2.23. The number of thiocarbonyl (C=S) groups is 1. The van der Waals surface area contributed by atoms with Gasteiger partial charge in [-0.3, -0.25) is 0 Å². The average molecular weight is 237 g/mol. The molecule has 0 bridgehead atoms. The molecule has 0 radical (unpaired) electrons. The highest BCUT2D eigenvalue weighted by Crippen LogP contribution is 2.17. The van der Waals surface area contributed by atoms with E-state index in [1.807, 2.05) is 12.1 Å². The van der Waals surface area contributed by atoms with Crippen molar-refractivity contribution in [3.8, 4) is 5.75 Å². The van der Waals surface area contributed by atoms with E-state index in [-0.39, 0.29) is 6.10 Å².